The van der Waals surface area contributed by atoms with E-state index in [1.54, 1.807) is 6.08 Å². The molecule has 0 amide bonds. The van der Waals surface area contributed by atoms with Crippen LogP contribution in [0, 0.1) is 0 Å². The second-order valence-electron chi connectivity index (χ2n) is 17.1. The first-order valence-electron chi connectivity index (χ1n) is 22.1. The molecule has 0 saturated carbocycles. The van der Waals surface area contributed by atoms with Crippen molar-refractivity contribution in [2.45, 2.75) is 45.4 Å². The fraction of sp³-hybridized carbons (Fsp3) is 0.119. The van der Waals surface area contributed by atoms with Crippen LogP contribution < -0.4 is 11.5 Å². The molecule has 0 bridgehead atoms. The largest absolute Gasteiger partial charge is 0.398 e. The molecule has 0 fully saturated rings. The van der Waals surface area contributed by atoms with Crippen LogP contribution in [0.1, 0.15) is 67.7 Å². The van der Waals surface area contributed by atoms with Crippen LogP contribution in [0.2, 0.25) is 0 Å². The van der Waals surface area contributed by atoms with Crippen molar-refractivity contribution in [3.63, 3.8) is 0 Å². The second kappa shape index (κ2) is 16.4. The molecule has 0 spiro atoms. The highest BCUT2D eigenvalue weighted by molar-refractivity contribution is 6.15. The molecule has 0 saturated heterocycles. The summed E-state index contributed by atoms with van der Waals surface area (Å²) < 4.78 is 4.90. The van der Waals surface area contributed by atoms with Crippen molar-refractivity contribution in [1.82, 2.24) is 9.13 Å². The van der Waals surface area contributed by atoms with Gasteiger partial charge in [-0.05, 0) is 143 Å². The van der Waals surface area contributed by atoms with Gasteiger partial charge in [-0.15, -0.1) is 0 Å². The molecular weight excluding hydrogens is 765 g/mol. The minimum absolute atomic E-state index is 0.238. The number of nitrogens with zero attached hydrogens (tertiary/aromatic N) is 2. The molecule has 308 valence electrons. The molecule has 2 aliphatic rings. The Morgan fingerprint density at radius 2 is 1.30 bits per heavy atom. The minimum Gasteiger partial charge on any atom is -0.398 e. The van der Waals surface area contributed by atoms with Gasteiger partial charge in [-0.1, -0.05) is 141 Å². The van der Waals surface area contributed by atoms with Gasteiger partial charge in [-0.25, -0.2) is 0 Å². The van der Waals surface area contributed by atoms with E-state index in [9.17, 15) is 0 Å². The van der Waals surface area contributed by atoms with E-state index in [2.05, 4.69) is 200 Å². The maximum atomic E-state index is 6.81. The second-order valence-corrected chi connectivity index (χ2v) is 17.1. The number of rotatable bonds is 9. The van der Waals surface area contributed by atoms with Crippen LogP contribution in [0.5, 0.6) is 0 Å². The Morgan fingerprint density at radius 1 is 0.651 bits per heavy atom. The molecule has 0 aliphatic heterocycles. The summed E-state index contributed by atoms with van der Waals surface area (Å²) in [7, 11) is 0. The molecule has 4 N–H and O–H groups in total. The highest BCUT2D eigenvalue weighted by Crippen LogP contribution is 2.52. The van der Waals surface area contributed by atoms with Crippen molar-refractivity contribution in [1.29, 1.82) is 0 Å². The molecule has 10 rings (SSSR count). The normalized spacial score (nSPS) is 17.4. The molecule has 2 unspecified atom stereocenters. The quantitative estimate of drug-likeness (QED) is 0.143. The predicted molar refractivity (Wildman–Crippen MR) is 270 cm³/mol. The lowest BCUT2D eigenvalue weighted by atomic mass is 9.72. The molecule has 4 nitrogen and oxygen atoms in total. The average Bonchev–Trinajstić information content (AvgIpc) is 3.83. The number of hydrogen-bond acceptors (Lipinski definition) is 2. The first-order chi connectivity index (χ1) is 30.8. The van der Waals surface area contributed by atoms with Crippen molar-refractivity contribution in [2.24, 2.45) is 11.5 Å². The van der Waals surface area contributed by atoms with Gasteiger partial charge in [0.15, 0.2) is 0 Å². The molecule has 2 atom stereocenters. The Hall–Kier alpha value is -7.56. The van der Waals surface area contributed by atoms with Crippen molar-refractivity contribution in [3.8, 4) is 22.5 Å². The van der Waals surface area contributed by atoms with E-state index < -0.39 is 0 Å². The molecule has 6 aromatic carbocycles. The fourth-order valence-electron chi connectivity index (χ4n) is 9.79. The van der Waals surface area contributed by atoms with E-state index in [0.717, 1.165) is 52.3 Å². The van der Waals surface area contributed by atoms with Crippen LogP contribution in [0.3, 0.4) is 0 Å². The average molecular weight is 817 g/mol. The fourth-order valence-corrected chi connectivity index (χ4v) is 9.79. The van der Waals surface area contributed by atoms with Crippen LogP contribution >= 0.6 is 0 Å². The summed E-state index contributed by atoms with van der Waals surface area (Å²) in [5, 5.41) is 4.86. The van der Waals surface area contributed by atoms with E-state index in [-0.39, 0.29) is 11.8 Å². The van der Waals surface area contributed by atoms with Crippen LogP contribution in [0.15, 0.2) is 206 Å². The number of hydrogen-bond donors (Lipinski definition) is 2. The topological polar surface area (TPSA) is 61.9 Å². The third-order valence-corrected chi connectivity index (χ3v) is 13.2. The third-order valence-electron chi connectivity index (χ3n) is 13.2. The lowest BCUT2D eigenvalue weighted by Gasteiger charge is -2.33. The summed E-state index contributed by atoms with van der Waals surface area (Å²) >= 11 is 0. The van der Waals surface area contributed by atoms with Crippen molar-refractivity contribution < 1.29 is 0 Å². The highest BCUT2D eigenvalue weighted by Gasteiger charge is 2.33. The van der Waals surface area contributed by atoms with Gasteiger partial charge in [0, 0.05) is 44.3 Å². The summed E-state index contributed by atoms with van der Waals surface area (Å²) in [5.41, 5.74) is 32.0. The number of nitrogens with two attached hydrogens (primary N) is 2. The van der Waals surface area contributed by atoms with Crippen LogP contribution in [-0.4, -0.2) is 9.13 Å². The number of para-hydroxylation sites is 2. The minimum atomic E-state index is 0.238. The standard InChI is InChI=1S/C59H52N4/c1-5-6-10-17-38(2)24-30-53(60)43-26-32-55-51(35-43)52-36-48-39(3)40(4)58-46(49(48)37-57(52)62(55)44-20-13-8-14-21-44)28-29-47-50-34-42(54(61)31-25-41-18-11-7-12-19-41)27-33-56(50)63(59(47)58)45-22-15-9-16-23-45/h5-16,18,20-37,39-40H,1,17,19,60-61H2,2-4H3/b10-6-,38-24-,41-25-,53-30-,54-31-. The molecule has 2 aromatic heterocycles. The first kappa shape index (κ1) is 39.6. The summed E-state index contributed by atoms with van der Waals surface area (Å²) in [6, 6.07) is 44.6. The monoisotopic (exact) mass is 816 g/mol. The van der Waals surface area contributed by atoms with Gasteiger partial charge in [0.05, 0.1) is 22.1 Å². The number of aromatic nitrogens is 2. The maximum absolute atomic E-state index is 6.81. The van der Waals surface area contributed by atoms with Crippen LogP contribution in [0.4, 0.5) is 0 Å². The first-order valence-corrected chi connectivity index (χ1v) is 22.1. The van der Waals surface area contributed by atoms with Gasteiger partial charge in [0.1, 0.15) is 0 Å². The van der Waals surface area contributed by atoms with Crippen molar-refractivity contribution >= 4 is 55.0 Å². The molecule has 8 aromatic rings. The SMILES string of the molecule is C=C/C=C\C/C(C)=C\C=C(/N)c1ccc2c(c1)c1cc3c(cc1n2-c1ccccc1)-c1ccc2c4cc(/C(N)=C/C=C5/C=CC=CC5)ccc4n(-c4ccccc4)c2c1C(C)C3C. The van der Waals surface area contributed by atoms with Gasteiger partial charge in [-0.2, -0.15) is 0 Å². The lowest BCUT2D eigenvalue weighted by Crippen LogP contribution is -2.15. The van der Waals surface area contributed by atoms with E-state index in [4.69, 9.17) is 11.5 Å². The smallest absolute Gasteiger partial charge is 0.0582 e. The molecular formula is C59H52N4. The van der Waals surface area contributed by atoms with E-state index in [0.29, 0.717) is 0 Å². The van der Waals surface area contributed by atoms with Gasteiger partial charge < -0.3 is 20.6 Å². The van der Waals surface area contributed by atoms with Gasteiger partial charge in [0.2, 0.25) is 0 Å². The summed E-state index contributed by atoms with van der Waals surface area (Å²) in [4.78, 5) is 0. The van der Waals surface area contributed by atoms with E-state index >= 15 is 0 Å². The summed E-state index contributed by atoms with van der Waals surface area (Å²) in [6.45, 7) is 10.7. The Kier molecular flexibility index (Phi) is 10.3. The van der Waals surface area contributed by atoms with Crippen molar-refractivity contribution in [2.75, 3.05) is 0 Å². The zero-order valence-electron chi connectivity index (χ0n) is 36.2. The lowest BCUT2D eigenvalue weighted by molar-refractivity contribution is 0.619. The molecule has 63 heavy (non-hydrogen) atoms. The van der Waals surface area contributed by atoms with E-state index in [1.807, 2.05) is 18.2 Å². The van der Waals surface area contributed by atoms with Gasteiger partial charge >= 0.3 is 0 Å². The molecule has 2 heterocycles. The van der Waals surface area contributed by atoms with Crippen LogP contribution in [0.25, 0.3) is 77.5 Å². The number of fused-ring (bicyclic) bond motifs is 10. The third kappa shape index (κ3) is 6.98. The summed E-state index contributed by atoms with van der Waals surface area (Å²) in [5.74, 6) is 0.490. The molecule has 2 aliphatic carbocycles. The molecule has 4 heteroatoms. The zero-order chi connectivity index (χ0) is 43.2. The van der Waals surface area contributed by atoms with Gasteiger partial charge in [-0.3, -0.25) is 0 Å². The number of allylic oxidation sites excluding steroid dienone is 13. The van der Waals surface area contributed by atoms with Gasteiger partial charge in [0.25, 0.3) is 0 Å². The Bertz CT molecular complexity index is 3340. The Morgan fingerprint density at radius 3 is 1.98 bits per heavy atom. The van der Waals surface area contributed by atoms with Crippen LogP contribution in [-0.2, 0) is 0 Å². The maximum Gasteiger partial charge on any atom is 0.0582 e. The zero-order valence-corrected chi connectivity index (χ0v) is 36.2. The van der Waals surface area contributed by atoms with E-state index in [1.165, 1.54) is 71.5 Å². The predicted octanol–water partition coefficient (Wildman–Crippen LogP) is 14.9. The summed E-state index contributed by atoms with van der Waals surface area (Å²) in [6.07, 6.45) is 24.5. The van der Waals surface area contributed by atoms with Crippen molar-refractivity contribution in [3.05, 3.63) is 228 Å². The Balaban J connectivity index is 1.18. The highest BCUT2D eigenvalue weighted by atomic mass is 15.0. The Labute approximate surface area is 370 Å². The molecule has 0 radical (unpaired) electrons. The number of benzene rings is 6.